The average molecular weight is 283 g/mol. The molecule has 0 amide bonds. The lowest BCUT2D eigenvalue weighted by Crippen LogP contribution is -2.37. The first kappa shape index (κ1) is 12.1. The Bertz CT molecular complexity index is 376. The van der Waals surface area contributed by atoms with Gasteiger partial charge in [0.25, 0.3) is 0 Å². The fourth-order valence-corrected chi connectivity index (χ4v) is 2.89. The highest BCUT2D eigenvalue weighted by molar-refractivity contribution is 9.10. The summed E-state index contributed by atoms with van der Waals surface area (Å²) in [5.41, 5.74) is 7.59. The molecule has 1 saturated heterocycles. The number of hydrogen-bond acceptors (Lipinski definition) is 2. The molecule has 1 aliphatic rings. The van der Waals surface area contributed by atoms with Crippen LogP contribution < -0.4 is 5.73 Å². The fourth-order valence-electron chi connectivity index (χ4n) is 2.48. The van der Waals surface area contributed by atoms with E-state index in [1.165, 1.54) is 10.0 Å². The molecule has 3 heteroatoms. The molecule has 1 aromatic rings. The van der Waals surface area contributed by atoms with Crippen molar-refractivity contribution in [3.8, 4) is 0 Å². The molecule has 1 atom stereocenters. The highest BCUT2D eigenvalue weighted by atomic mass is 79.9. The van der Waals surface area contributed by atoms with Crippen LogP contribution in [0.4, 0.5) is 0 Å². The van der Waals surface area contributed by atoms with E-state index in [9.17, 15) is 0 Å². The monoisotopic (exact) mass is 282 g/mol. The van der Waals surface area contributed by atoms with Crippen LogP contribution in [0.15, 0.2) is 28.7 Å². The summed E-state index contributed by atoms with van der Waals surface area (Å²) in [6, 6.07) is 8.72. The smallest absolute Gasteiger partial charge is 0.0250 e. The zero-order valence-corrected chi connectivity index (χ0v) is 11.5. The summed E-state index contributed by atoms with van der Waals surface area (Å²) in [5.74, 6) is 0. The molecule has 0 spiro atoms. The van der Waals surface area contributed by atoms with E-state index < -0.39 is 0 Å². The molecular weight excluding hydrogens is 264 g/mol. The van der Waals surface area contributed by atoms with Crippen LogP contribution in [0.5, 0.6) is 0 Å². The van der Waals surface area contributed by atoms with Gasteiger partial charge in [-0.2, -0.15) is 0 Å². The van der Waals surface area contributed by atoms with Gasteiger partial charge in [0.05, 0.1) is 0 Å². The van der Waals surface area contributed by atoms with E-state index in [0.29, 0.717) is 6.04 Å². The fraction of sp³-hybridized carbons (Fsp3) is 0.538. The molecule has 16 heavy (non-hydrogen) atoms. The molecule has 0 aliphatic carbocycles. The first-order valence-corrected chi connectivity index (χ1v) is 6.52. The predicted molar refractivity (Wildman–Crippen MR) is 71.2 cm³/mol. The first-order valence-electron chi connectivity index (χ1n) is 5.73. The number of nitrogens with two attached hydrogens (primary N) is 1. The molecule has 0 bridgehead atoms. The van der Waals surface area contributed by atoms with Crippen molar-refractivity contribution in [2.45, 2.75) is 38.4 Å². The Kier molecular flexibility index (Phi) is 3.38. The van der Waals surface area contributed by atoms with Gasteiger partial charge in [0, 0.05) is 29.1 Å². The summed E-state index contributed by atoms with van der Waals surface area (Å²) in [4.78, 5) is 2.47. The molecule has 1 unspecified atom stereocenters. The first-order chi connectivity index (χ1) is 7.49. The number of nitrogens with zero attached hydrogens (tertiary/aromatic N) is 1. The zero-order valence-electron chi connectivity index (χ0n) is 9.91. The van der Waals surface area contributed by atoms with Gasteiger partial charge >= 0.3 is 0 Å². The molecule has 2 rings (SSSR count). The summed E-state index contributed by atoms with van der Waals surface area (Å²) in [6.07, 6.45) is 1.08. The van der Waals surface area contributed by atoms with Crippen molar-refractivity contribution in [2.75, 3.05) is 6.54 Å². The van der Waals surface area contributed by atoms with Gasteiger partial charge in [-0.05, 0) is 31.9 Å². The van der Waals surface area contributed by atoms with Gasteiger partial charge in [0.15, 0.2) is 0 Å². The van der Waals surface area contributed by atoms with Crippen molar-refractivity contribution >= 4 is 15.9 Å². The Morgan fingerprint density at radius 1 is 1.44 bits per heavy atom. The van der Waals surface area contributed by atoms with Crippen molar-refractivity contribution in [1.82, 2.24) is 4.90 Å². The van der Waals surface area contributed by atoms with E-state index in [2.05, 4.69) is 58.9 Å². The largest absolute Gasteiger partial charge is 0.326 e. The molecule has 1 heterocycles. The van der Waals surface area contributed by atoms with E-state index in [4.69, 9.17) is 5.73 Å². The summed E-state index contributed by atoms with van der Waals surface area (Å²) in [7, 11) is 0. The normalized spacial score (nSPS) is 24.9. The quantitative estimate of drug-likeness (QED) is 0.904. The standard InChI is InChI=1S/C13H19BrN2/c1-13(2)7-11(15)9-16(13)8-10-5-3-4-6-12(10)14/h3-6,11H,7-9,15H2,1-2H3. The van der Waals surface area contributed by atoms with E-state index >= 15 is 0 Å². The van der Waals surface area contributed by atoms with Gasteiger partial charge in [-0.3, -0.25) is 4.90 Å². The third kappa shape index (κ3) is 2.47. The lowest BCUT2D eigenvalue weighted by molar-refractivity contribution is 0.166. The molecule has 2 nitrogen and oxygen atoms in total. The highest BCUT2D eigenvalue weighted by Crippen LogP contribution is 2.30. The van der Waals surface area contributed by atoms with Crippen LogP contribution in [0.3, 0.4) is 0 Å². The minimum atomic E-state index is 0.217. The number of rotatable bonds is 2. The molecule has 1 fully saturated rings. The Balaban J connectivity index is 2.14. The van der Waals surface area contributed by atoms with Crippen LogP contribution in [0.25, 0.3) is 0 Å². The van der Waals surface area contributed by atoms with Gasteiger partial charge in [-0.25, -0.2) is 0 Å². The second-order valence-electron chi connectivity index (χ2n) is 5.25. The van der Waals surface area contributed by atoms with Gasteiger partial charge < -0.3 is 5.73 Å². The van der Waals surface area contributed by atoms with E-state index in [0.717, 1.165) is 19.5 Å². The van der Waals surface area contributed by atoms with Gasteiger partial charge in [-0.1, -0.05) is 34.1 Å². The van der Waals surface area contributed by atoms with Gasteiger partial charge in [0.2, 0.25) is 0 Å². The van der Waals surface area contributed by atoms with Gasteiger partial charge in [0.1, 0.15) is 0 Å². The third-order valence-corrected chi connectivity index (χ3v) is 4.17. The van der Waals surface area contributed by atoms with Crippen molar-refractivity contribution in [3.63, 3.8) is 0 Å². The molecule has 2 N–H and O–H groups in total. The molecule has 1 aliphatic heterocycles. The van der Waals surface area contributed by atoms with E-state index in [1.54, 1.807) is 0 Å². The van der Waals surface area contributed by atoms with Crippen LogP contribution in [-0.4, -0.2) is 23.0 Å². The molecule has 0 aromatic heterocycles. The summed E-state index contributed by atoms with van der Waals surface area (Å²) in [5, 5.41) is 0. The second kappa shape index (κ2) is 4.47. The van der Waals surface area contributed by atoms with Gasteiger partial charge in [-0.15, -0.1) is 0 Å². The van der Waals surface area contributed by atoms with Crippen LogP contribution >= 0.6 is 15.9 Å². The van der Waals surface area contributed by atoms with E-state index in [1.807, 2.05) is 0 Å². The lowest BCUT2D eigenvalue weighted by atomic mass is 10.0. The maximum Gasteiger partial charge on any atom is 0.0250 e. The van der Waals surface area contributed by atoms with Crippen LogP contribution in [0.2, 0.25) is 0 Å². The highest BCUT2D eigenvalue weighted by Gasteiger charge is 2.36. The summed E-state index contributed by atoms with van der Waals surface area (Å²) in [6.45, 7) is 6.52. The molecule has 0 saturated carbocycles. The molecular formula is C13H19BrN2. The van der Waals surface area contributed by atoms with E-state index in [-0.39, 0.29) is 5.54 Å². The maximum atomic E-state index is 6.04. The van der Waals surface area contributed by atoms with Crippen molar-refractivity contribution in [2.24, 2.45) is 5.73 Å². The number of halogens is 1. The summed E-state index contributed by atoms with van der Waals surface area (Å²) >= 11 is 3.60. The minimum absolute atomic E-state index is 0.217. The Morgan fingerprint density at radius 2 is 2.12 bits per heavy atom. The topological polar surface area (TPSA) is 29.3 Å². The minimum Gasteiger partial charge on any atom is -0.326 e. The SMILES string of the molecule is CC1(C)CC(N)CN1Cc1ccccc1Br. The second-order valence-corrected chi connectivity index (χ2v) is 6.10. The molecule has 1 aromatic carbocycles. The predicted octanol–water partition coefficient (Wildman–Crippen LogP) is 2.76. The third-order valence-electron chi connectivity index (χ3n) is 3.39. The van der Waals surface area contributed by atoms with Crippen LogP contribution in [0.1, 0.15) is 25.8 Å². The van der Waals surface area contributed by atoms with Crippen LogP contribution in [0, 0.1) is 0 Å². The number of hydrogen-bond donors (Lipinski definition) is 1. The molecule has 88 valence electrons. The molecule has 0 radical (unpaired) electrons. The maximum absolute atomic E-state index is 6.04. The Morgan fingerprint density at radius 3 is 2.69 bits per heavy atom. The van der Waals surface area contributed by atoms with Crippen LogP contribution in [-0.2, 0) is 6.54 Å². The zero-order chi connectivity index (χ0) is 11.8. The summed E-state index contributed by atoms with van der Waals surface area (Å²) < 4.78 is 1.19. The Labute approximate surface area is 106 Å². The average Bonchev–Trinajstić information content (AvgIpc) is 2.43. The van der Waals surface area contributed by atoms with Crippen molar-refractivity contribution in [1.29, 1.82) is 0 Å². The van der Waals surface area contributed by atoms with Crippen molar-refractivity contribution < 1.29 is 0 Å². The number of likely N-dealkylation sites (tertiary alicyclic amines) is 1. The lowest BCUT2D eigenvalue weighted by Gasteiger charge is -2.31. The number of benzene rings is 1. The Hall–Kier alpha value is -0.380. The van der Waals surface area contributed by atoms with Crippen molar-refractivity contribution in [3.05, 3.63) is 34.3 Å².